The van der Waals surface area contributed by atoms with Crippen LogP contribution in [0.3, 0.4) is 0 Å². The number of thiocarbonyl (C=S) groups is 1. The highest BCUT2D eigenvalue weighted by molar-refractivity contribution is 7.80. The lowest BCUT2D eigenvalue weighted by Crippen LogP contribution is -2.26. The number of methoxy groups -OCH3 is 1. The second kappa shape index (κ2) is 5.79. The first kappa shape index (κ1) is 14.0. The molecule has 1 heterocycles. The van der Waals surface area contributed by atoms with E-state index in [1.54, 1.807) is 7.11 Å². The van der Waals surface area contributed by atoms with Gasteiger partial charge in [-0.05, 0) is 54.2 Å². The van der Waals surface area contributed by atoms with Crippen LogP contribution in [0, 0.1) is 0 Å². The fraction of sp³-hybridized carbons (Fsp3) is 0.133. The first-order chi connectivity index (χ1) is 10.2. The van der Waals surface area contributed by atoms with Gasteiger partial charge in [0.1, 0.15) is 5.75 Å². The standard InChI is InChI=1S/C15H12ClN3OS/c1-20-13-8-6-12(7-9-13)19-14(17-18-15(19)21)10-2-4-11(16)5-3-10/h2-9,14H,1H3. The Morgan fingerprint density at radius 2 is 1.76 bits per heavy atom. The summed E-state index contributed by atoms with van der Waals surface area (Å²) in [6.07, 6.45) is -0.261. The zero-order chi connectivity index (χ0) is 14.8. The largest absolute Gasteiger partial charge is 0.497 e. The second-order valence-electron chi connectivity index (χ2n) is 4.49. The van der Waals surface area contributed by atoms with Gasteiger partial charge >= 0.3 is 0 Å². The normalized spacial score (nSPS) is 17.3. The number of nitrogens with zero attached hydrogens (tertiary/aromatic N) is 3. The van der Waals surface area contributed by atoms with Crippen molar-refractivity contribution in [2.45, 2.75) is 6.17 Å². The molecule has 21 heavy (non-hydrogen) atoms. The van der Waals surface area contributed by atoms with Gasteiger partial charge in [-0.15, -0.1) is 5.11 Å². The van der Waals surface area contributed by atoms with Crippen LogP contribution in [-0.2, 0) is 0 Å². The molecule has 0 saturated heterocycles. The van der Waals surface area contributed by atoms with E-state index in [0.29, 0.717) is 10.1 Å². The molecule has 4 nitrogen and oxygen atoms in total. The summed E-state index contributed by atoms with van der Waals surface area (Å²) in [6.45, 7) is 0. The third-order valence-corrected chi connectivity index (χ3v) is 3.75. The van der Waals surface area contributed by atoms with Gasteiger partial charge in [-0.3, -0.25) is 4.90 Å². The van der Waals surface area contributed by atoms with E-state index in [-0.39, 0.29) is 6.17 Å². The molecule has 0 fully saturated rings. The minimum atomic E-state index is -0.261. The summed E-state index contributed by atoms with van der Waals surface area (Å²) in [5.74, 6) is 0.792. The summed E-state index contributed by atoms with van der Waals surface area (Å²) in [5.41, 5.74) is 1.91. The van der Waals surface area contributed by atoms with Crippen molar-refractivity contribution in [1.29, 1.82) is 0 Å². The molecule has 0 bridgehead atoms. The summed E-state index contributed by atoms with van der Waals surface area (Å²) in [7, 11) is 1.64. The van der Waals surface area contributed by atoms with E-state index in [1.807, 2.05) is 53.4 Å². The molecular formula is C15H12ClN3OS. The van der Waals surface area contributed by atoms with Gasteiger partial charge in [0.15, 0.2) is 6.17 Å². The zero-order valence-electron chi connectivity index (χ0n) is 11.2. The Hall–Kier alpha value is -1.98. The summed E-state index contributed by atoms with van der Waals surface area (Å²) in [6, 6.07) is 15.2. The van der Waals surface area contributed by atoms with Gasteiger partial charge < -0.3 is 4.74 Å². The summed E-state index contributed by atoms with van der Waals surface area (Å²) < 4.78 is 5.17. The Bertz CT molecular complexity index is 685. The Morgan fingerprint density at radius 3 is 2.38 bits per heavy atom. The van der Waals surface area contributed by atoms with E-state index in [2.05, 4.69) is 10.2 Å². The number of azo groups is 1. The Kier molecular flexibility index (Phi) is 3.86. The van der Waals surface area contributed by atoms with Crippen molar-refractivity contribution in [3.05, 3.63) is 59.1 Å². The summed E-state index contributed by atoms with van der Waals surface area (Å²) >= 11 is 11.2. The van der Waals surface area contributed by atoms with Crippen molar-refractivity contribution in [3.63, 3.8) is 0 Å². The molecule has 0 spiro atoms. The maximum atomic E-state index is 5.93. The Labute approximate surface area is 133 Å². The first-order valence-electron chi connectivity index (χ1n) is 6.32. The number of hydrogen-bond acceptors (Lipinski definition) is 3. The van der Waals surface area contributed by atoms with Crippen molar-refractivity contribution in [1.82, 2.24) is 0 Å². The highest BCUT2D eigenvalue weighted by Gasteiger charge is 2.29. The molecular weight excluding hydrogens is 306 g/mol. The van der Waals surface area contributed by atoms with Gasteiger partial charge in [0.05, 0.1) is 7.11 Å². The summed E-state index contributed by atoms with van der Waals surface area (Å²) in [5, 5.41) is 9.42. The molecule has 2 aromatic carbocycles. The van der Waals surface area contributed by atoms with Crippen LogP contribution in [0.15, 0.2) is 58.8 Å². The van der Waals surface area contributed by atoms with Crippen LogP contribution in [0.5, 0.6) is 5.75 Å². The van der Waals surface area contributed by atoms with Gasteiger partial charge in [0, 0.05) is 10.7 Å². The predicted octanol–water partition coefficient (Wildman–Crippen LogP) is 4.60. The number of hydrogen-bond donors (Lipinski definition) is 0. The molecule has 0 aliphatic carbocycles. The molecule has 1 aliphatic rings. The average Bonchev–Trinajstić information content (AvgIpc) is 2.90. The van der Waals surface area contributed by atoms with Crippen LogP contribution in [-0.4, -0.2) is 12.2 Å². The van der Waals surface area contributed by atoms with E-state index in [0.717, 1.165) is 17.0 Å². The average molecular weight is 318 g/mol. The van der Waals surface area contributed by atoms with Crippen LogP contribution in [0.4, 0.5) is 5.69 Å². The van der Waals surface area contributed by atoms with Gasteiger partial charge in [-0.25, -0.2) is 0 Å². The van der Waals surface area contributed by atoms with Gasteiger partial charge in [0.2, 0.25) is 5.11 Å². The molecule has 1 aliphatic heterocycles. The van der Waals surface area contributed by atoms with Crippen LogP contribution < -0.4 is 9.64 Å². The number of anilines is 1. The Balaban J connectivity index is 1.94. The molecule has 0 aromatic heterocycles. The highest BCUT2D eigenvalue weighted by Crippen LogP contribution is 2.34. The molecule has 1 atom stereocenters. The zero-order valence-corrected chi connectivity index (χ0v) is 12.8. The van der Waals surface area contributed by atoms with Gasteiger partial charge in [-0.2, -0.15) is 5.11 Å². The van der Waals surface area contributed by atoms with Gasteiger partial charge in [0.25, 0.3) is 0 Å². The number of rotatable bonds is 3. The lowest BCUT2D eigenvalue weighted by Gasteiger charge is -2.23. The smallest absolute Gasteiger partial charge is 0.222 e. The van der Waals surface area contributed by atoms with Crippen LogP contribution >= 0.6 is 23.8 Å². The van der Waals surface area contributed by atoms with Crippen molar-refractivity contribution in [3.8, 4) is 5.75 Å². The molecule has 0 amide bonds. The van der Waals surface area contributed by atoms with E-state index in [4.69, 9.17) is 28.6 Å². The molecule has 6 heteroatoms. The van der Waals surface area contributed by atoms with Gasteiger partial charge in [-0.1, -0.05) is 23.7 Å². The van der Waals surface area contributed by atoms with E-state index >= 15 is 0 Å². The van der Waals surface area contributed by atoms with E-state index in [9.17, 15) is 0 Å². The van der Waals surface area contributed by atoms with E-state index < -0.39 is 0 Å². The summed E-state index contributed by atoms with van der Waals surface area (Å²) in [4.78, 5) is 1.90. The fourth-order valence-corrected chi connectivity index (χ4v) is 2.53. The molecule has 106 valence electrons. The fourth-order valence-electron chi connectivity index (χ4n) is 2.15. The number of halogens is 1. The SMILES string of the molecule is COc1ccc(N2C(=S)N=NC2c2ccc(Cl)cc2)cc1. The third kappa shape index (κ3) is 2.75. The van der Waals surface area contributed by atoms with E-state index in [1.165, 1.54) is 0 Å². The molecule has 0 radical (unpaired) electrons. The topological polar surface area (TPSA) is 37.2 Å². The first-order valence-corrected chi connectivity index (χ1v) is 7.11. The maximum absolute atomic E-state index is 5.93. The third-order valence-electron chi connectivity index (χ3n) is 3.22. The lowest BCUT2D eigenvalue weighted by atomic mass is 10.1. The van der Waals surface area contributed by atoms with Crippen molar-refractivity contribution in [2.24, 2.45) is 10.2 Å². The predicted molar refractivity (Wildman–Crippen MR) is 87.1 cm³/mol. The minimum Gasteiger partial charge on any atom is -0.497 e. The molecule has 2 aromatic rings. The minimum absolute atomic E-state index is 0.261. The van der Waals surface area contributed by atoms with Crippen LogP contribution in [0.1, 0.15) is 11.7 Å². The van der Waals surface area contributed by atoms with Crippen molar-refractivity contribution >= 4 is 34.6 Å². The van der Waals surface area contributed by atoms with Crippen LogP contribution in [0.2, 0.25) is 5.02 Å². The second-order valence-corrected chi connectivity index (χ2v) is 5.29. The van der Waals surface area contributed by atoms with Crippen molar-refractivity contribution < 1.29 is 4.74 Å². The molecule has 0 N–H and O–H groups in total. The molecule has 0 saturated carbocycles. The number of ether oxygens (including phenoxy) is 1. The highest BCUT2D eigenvalue weighted by atomic mass is 35.5. The molecule has 3 rings (SSSR count). The maximum Gasteiger partial charge on any atom is 0.222 e. The number of benzene rings is 2. The van der Waals surface area contributed by atoms with Crippen molar-refractivity contribution in [2.75, 3.05) is 12.0 Å². The quantitative estimate of drug-likeness (QED) is 0.776. The van der Waals surface area contributed by atoms with Crippen LogP contribution in [0.25, 0.3) is 0 Å². The Morgan fingerprint density at radius 1 is 1.10 bits per heavy atom. The molecule has 1 unspecified atom stereocenters. The monoisotopic (exact) mass is 317 g/mol. The lowest BCUT2D eigenvalue weighted by molar-refractivity contribution is 0.415.